The number of carbonyl (C=O) groups is 1. The Morgan fingerprint density at radius 3 is 2.32 bits per heavy atom. The Morgan fingerprint density at radius 2 is 1.74 bits per heavy atom. The molecular formula is C14H10BrF2NO. The molecule has 19 heavy (non-hydrogen) atoms. The van der Waals surface area contributed by atoms with Crippen LogP contribution >= 0.6 is 15.9 Å². The molecule has 2 aromatic rings. The smallest absolute Gasteiger partial charge is 0.256 e. The Bertz CT molecular complexity index is 623. The average Bonchev–Trinajstić information content (AvgIpc) is 2.26. The first-order valence-corrected chi connectivity index (χ1v) is 6.28. The van der Waals surface area contributed by atoms with Crippen LogP contribution in [-0.2, 0) is 0 Å². The molecule has 1 amide bonds. The van der Waals surface area contributed by atoms with E-state index in [9.17, 15) is 13.6 Å². The summed E-state index contributed by atoms with van der Waals surface area (Å²) in [7, 11) is 0. The van der Waals surface area contributed by atoms with E-state index in [1.807, 2.05) is 6.92 Å². The lowest BCUT2D eigenvalue weighted by Crippen LogP contribution is -2.13. The molecule has 0 aliphatic heterocycles. The van der Waals surface area contributed by atoms with Crippen LogP contribution in [0.25, 0.3) is 0 Å². The molecule has 5 heteroatoms. The van der Waals surface area contributed by atoms with Gasteiger partial charge in [-0.25, -0.2) is 8.78 Å². The molecule has 0 saturated heterocycles. The minimum Gasteiger partial charge on any atom is -0.322 e. The zero-order chi connectivity index (χ0) is 14.0. The number of amides is 1. The molecule has 0 bridgehead atoms. The molecule has 0 aromatic heterocycles. The summed E-state index contributed by atoms with van der Waals surface area (Å²) in [6.45, 7) is 1.90. The maximum atomic E-state index is 13.0. The van der Waals surface area contributed by atoms with Gasteiger partial charge in [-0.05, 0) is 52.7 Å². The van der Waals surface area contributed by atoms with Crippen LogP contribution in [0.4, 0.5) is 14.5 Å². The quantitative estimate of drug-likeness (QED) is 0.876. The molecule has 1 N–H and O–H groups in total. The first-order valence-electron chi connectivity index (χ1n) is 5.49. The number of aryl methyl sites for hydroxylation is 1. The van der Waals surface area contributed by atoms with Crippen molar-refractivity contribution in [2.24, 2.45) is 0 Å². The predicted molar refractivity (Wildman–Crippen MR) is 73.2 cm³/mol. The lowest BCUT2D eigenvalue weighted by molar-refractivity contribution is 0.102. The molecule has 0 saturated carbocycles. The van der Waals surface area contributed by atoms with Gasteiger partial charge >= 0.3 is 0 Å². The highest BCUT2D eigenvalue weighted by Crippen LogP contribution is 2.20. The molecule has 0 atom stereocenters. The van der Waals surface area contributed by atoms with E-state index in [-0.39, 0.29) is 5.69 Å². The zero-order valence-corrected chi connectivity index (χ0v) is 11.6. The Kier molecular flexibility index (Phi) is 3.95. The van der Waals surface area contributed by atoms with Crippen molar-refractivity contribution in [3.05, 3.63) is 63.6 Å². The maximum Gasteiger partial charge on any atom is 0.256 e. The molecular weight excluding hydrogens is 316 g/mol. The van der Waals surface area contributed by atoms with Crippen molar-refractivity contribution in [2.45, 2.75) is 6.92 Å². The van der Waals surface area contributed by atoms with E-state index in [4.69, 9.17) is 0 Å². The second-order valence-corrected chi connectivity index (χ2v) is 4.95. The molecule has 0 fully saturated rings. The fraction of sp³-hybridized carbons (Fsp3) is 0.0714. The third-order valence-electron chi connectivity index (χ3n) is 2.49. The second-order valence-electron chi connectivity index (χ2n) is 4.10. The zero-order valence-electron chi connectivity index (χ0n) is 10.0. The normalized spacial score (nSPS) is 10.3. The van der Waals surface area contributed by atoms with Crippen molar-refractivity contribution in [2.75, 3.05) is 5.32 Å². The predicted octanol–water partition coefficient (Wildman–Crippen LogP) is 4.29. The highest BCUT2D eigenvalue weighted by Gasteiger charge is 2.11. The maximum absolute atomic E-state index is 13.0. The highest BCUT2D eigenvalue weighted by molar-refractivity contribution is 9.10. The number of benzene rings is 2. The molecule has 2 nitrogen and oxygen atoms in total. The summed E-state index contributed by atoms with van der Waals surface area (Å²) in [4.78, 5) is 12.0. The van der Waals surface area contributed by atoms with Crippen molar-refractivity contribution < 1.29 is 13.6 Å². The fourth-order valence-corrected chi connectivity index (χ4v) is 2.30. The lowest BCUT2D eigenvalue weighted by Gasteiger charge is -2.08. The van der Waals surface area contributed by atoms with Gasteiger partial charge < -0.3 is 5.32 Å². The number of nitrogens with one attached hydrogen (secondary N) is 1. The van der Waals surface area contributed by atoms with Gasteiger partial charge in [-0.2, -0.15) is 0 Å². The van der Waals surface area contributed by atoms with Gasteiger partial charge in [-0.1, -0.05) is 6.07 Å². The van der Waals surface area contributed by atoms with Gasteiger partial charge in [0.05, 0.1) is 5.56 Å². The molecule has 0 aliphatic rings. The van der Waals surface area contributed by atoms with Crippen LogP contribution in [0.1, 0.15) is 15.9 Å². The van der Waals surface area contributed by atoms with Gasteiger partial charge in [0.25, 0.3) is 5.91 Å². The van der Waals surface area contributed by atoms with Crippen molar-refractivity contribution in [1.82, 2.24) is 0 Å². The van der Waals surface area contributed by atoms with Crippen LogP contribution in [0.3, 0.4) is 0 Å². The van der Waals surface area contributed by atoms with Gasteiger partial charge in [0.2, 0.25) is 0 Å². The molecule has 0 spiro atoms. The molecule has 0 radical (unpaired) electrons. The van der Waals surface area contributed by atoms with Gasteiger partial charge in [-0.15, -0.1) is 0 Å². The van der Waals surface area contributed by atoms with E-state index in [0.29, 0.717) is 10.0 Å². The van der Waals surface area contributed by atoms with Gasteiger partial charge in [0.1, 0.15) is 11.6 Å². The number of halogens is 3. The second kappa shape index (κ2) is 5.48. The number of hydrogen-bond donors (Lipinski definition) is 1. The first kappa shape index (κ1) is 13.7. The van der Waals surface area contributed by atoms with Crippen molar-refractivity contribution >= 4 is 27.5 Å². The van der Waals surface area contributed by atoms with Crippen molar-refractivity contribution in [1.29, 1.82) is 0 Å². The van der Waals surface area contributed by atoms with Crippen LogP contribution in [0.2, 0.25) is 0 Å². The summed E-state index contributed by atoms with van der Waals surface area (Å²) >= 11 is 3.28. The summed E-state index contributed by atoms with van der Waals surface area (Å²) in [5.74, 6) is -1.91. The Morgan fingerprint density at radius 1 is 1.11 bits per heavy atom. The number of carbonyl (C=O) groups excluding carboxylic acids is 1. The molecule has 2 aromatic carbocycles. The summed E-state index contributed by atoms with van der Waals surface area (Å²) in [5.41, 5.74) is 1.48. The van der Waals surface area contributed by atoms with E-state index in [2.05, 4.69) is 21.2 Å². The molecule has 0 aliphatic carbocycles. The third-order valence-corrected chi connectivity index (χ3v) is 3.15. The summed E-state index contributed by atoms with van der Waals surface area (Å²) in [5, 5.41) is 2.45. The van der Waals surface area contributed by atoms with Crippen molar-refractivity contribution in [3.63, 3.8) is 0 Å². The van der Waals surface area contributed by atoms with Crippen LogP contribution in [0, 0.1) is 18.6 Å². The van der Waals surface area contributed by atoms with Gasteiger partial charge in [-0.3, -0.25) is 4.79 Å². The van der Waals surface area contributed by atoms with E-state index >= 15 is 0 Å². The van der Waals surface area contributed by atoms with Crippen LogP contribution in [0.15, 0.2) is 40.9 Å². The van der Waals surface area contributed by atoms with Crippen molar-refractivity contribution in [3.8, 4) is 0 Å². The number of anilines is 1. The van der Waals surface area contributed by atoms with E-state index in [1.165, 1.54) is 0 Å². The van der Waals surface area contributed by atoms with Gasteiger partial charge in [0, 0.05) is 16.2 Å². The monoisotopic (exact) mass is 325 g/mol. The summed E-state index contributed by atoms with van der Waals surface area (Å²) in [6.07, 6.45) is 0. The summed E-state index contributed by atoms with van der Waals surface area (Å²) < 4.78 is 26.7. The van der Waals surface area contributed by atoms with E-state index < -0.39 is 17.5 Å². The Balaban J connectivity index is 2.25. The van der Waals surface area contributed by atoms with E-state index in [0.717, 1.165) is 23.8 Å². The largest absolute Gasteiger partial charge is 0.322 e. The average molecular weight is 326 g/mol. The van der Waals surface area contributed by atoms with Gasteiger partial charge in [0.15, 0.2) is 0 Å². The standard InChI is InChI=1S/C14H10BrF2NO/c1-8-2-3-12(13(15)4-8)14(19)18-11-6-9(16)5-10(17)7-11/h2-7H,1H3,(H,18,19). The van der Waals surface area contributed by atoms with Crippen LogP contribution in [0.5, 0.6) is 0 Å². The molecule has 98 valence electrons. The van der Waals surface area contributed by atoms with Crippen LogP contribution < -0.4 is 5.32 Å². The molecule has 0 heterocycles. The Hall–Kier alpha value is -1.75. The number of hydrogen-bond acceptors (Lipinski definition) is 1. The molecule has 0 unspecified atom stereocenters. The number of rotatable bonds is 2. The highest BCUT2D eigenvalue weighted by atomic mass is 79.9. The first-order chi connectivity index (χ1) is 8.95. The third kappa shape index (κ3) is 3.38. The lowest BCUT2D eigenvalue weighted by atomic mass is 10.1. The topological polar surface area (TPSA) is 29.1 Å². The van der Waals surface area contributed by atoms with Crippen LogP contribution in [-0.4, -0.2) is 5.91 Å². The fourth-order valence-electron chi connectivity index (χ4n) is 1.63. The Labute approximate surface area is 117 Å². The SMILES string of the molecule is Cc1ccc(C(=O)Nc2cc(F)cc(F)c2)c(Br)c1. The van der Waals surface area contributed by atoms with E-state index in [1.54, 1.807) is 18.2 Å². The summed E-state index contributed by atoms with van der Waals surface area (Å²) in [6, 6.07) is 8.08. The minimum atomic E-state index is -0.738. The minimum absolute atomic E-state index is 0.0787. The molecule has 2 rings (SSSR count).